The van der Waals surface area contributed by atoms with Crippen LogP contribution in [0.2, 0.25) is 0 Å². The second-order valence-corrected chi connectivity index (χ2v) is 12.8. The molecule has 1 heterocycles. The Morgan fingerprint density at radius 3 is 2.56 bits per heavy atom. The maximum atomic E-state index is 14.3. The van der Waals surface area contributed by atoms with Gasteiger partial charge in [-0.25, -0.2) is 8.78 Å². The van der Waals surface area contributed by atoms with Gasteiger partial charge in [-0.05, 0) is 74.5 Å². The largest absolute Gasteiger partial charge is 0.245 e. The van der Waals surface area contributed by atoms with Crippen molar-refractivity contribution in [3.05, 3.63) is 11.6 Å². The Hall–Kier alpha value is -0.210. The molecule has 148 valence electrons. The summed E-state index contributed by atoms with van der Waals surface area (Å²) in [5.74, 6) is 3.07. The minimum Gasteiger partial charge on any atom is -0.210 e. The highest BCUT2D eigenvalue weighted by molar-refractivity contribution is 8.21. The van der Waals surface area contributed by atoms with Crippen LogP contribution < -0.4 is 0 Å². The highest BCUT2D eigenvalue weighted by atomic mass is 32.2. The van der Waals surface area contributed by atoms with E-state index in [9.17, 15) is 14.0 Å². The molecule has 5 aliphatic rings. The van der Waals surface area contributed by atoms with Gasteiger partial charge in [-0.15, -0.1) is 23.5 Å². The van der Waals surface area contributed by atoms with Crippen molar-refractivity contribution in [2.24, 2.45) is 34.5 Å². The Bertz CT molecular complexity index is 695. The first kappa shape index (κ1) is 18.8. The molecule has 5 rings (SSSR count). The van der Waals surface area contributed by atoms with Gasteiger partial charge >= 0.3 is 0 Å². The summed E-state index contributed by atoms with van der Waals surface area (Å²) >= 11 is 4.25. The van der Waals surface area contributed by atoms with Gasteiger partial charge in [-0.3, -0.25) is 0 Å². The van der Waals surface area contributed by atoms with Crippen molar-refractivity contribution >= 4 is 23.5 Å². The van der Waals surface area contributed by atoms with Crippen molar-refractivity contribution in [1.29, 1.82) is 5.26 Å². The van der Waals surface area contributed by atoms with Crippen molar-refractivity contribution in [3.8, 4) is 6.07 Å². The van der Waals surface area contributed by atoms with Gasteiger partial charge in [0.25, 0.3) is 0 Å². The summed E-state index contributed by atoms with van der Waals surface area (Å²) in [6.07, 6.45) is 7.85. The van der Waals surface area contributed by atoms with E-state index in [1.165, 1.54) is 24.3 Å². The SMILES string of the molecule is C[C@]12CCC3(C=C1CC[C@H]1[C@@H]4CC[C@H](C#N)[C@@]4(C(F)F)CC[C@@H]12)SCCS3. The van der Waals surface area contributed by atoms with Crippen molar-refractivity contribution < 1.29 is 8.78 Å². The summed E-state index contributed by atoms with van der Waals surface area (Å²) in [5, 5.41) is 9.57. The van der Waals surface area contributed by atoms with E-state index in [4.69, 9.17) is 0 Å². The fourth-order valence-corrected chi connectivity index (χ4v) is 10.8. The van der Waals surface area contributed by atoms with Crippen LogP contribution in [-0.4, -0.2) is 22.0 Å². The van der Waals surface area contributed by atoms with Gasteiger partial charge in [0.2, 0.25) is 6.43 Å². The lowest BCUT2D eigenvalue weighted by molar-refractivity contribution is -0.128. The molecule has 0 radical (unpaired) electrons. The molecule has 1 spiro atoms. The van der Waals surface area contributed by atoms with E-state index in [0.29, 0.717) is 28.8 Å². The molecular weight excluding hydrogens is 380 g/mol. The van der Waals surface area contributed by atoms with Crippen LogP contribution in [0.25, 0.3) is 0 Å². The monoisotopic (exact) mass is 409 g/mol. The average Bonchev–Trinajstić information content (AvgIpc) is 3.27. The summed E-state index contributed by atoms with van der Waals surface area (Å²) in [6.45, 7) is 2.44. The molecule has 0 unspecified atom stereocenters. The maximum Gasteiger partial charge on any atom is 0.245 e. The third-order valence-electron chi connectivity index (χ3n) is 9.05. The molecule has 4 fully saturated rings. The number of fused-ring (bicyclic) bond motifs is 5. The number of hydrogen-bond donors (Lipinski definition) is 0. The number of hydrogen-bond acceptors (Lipinski definition) is 3. The molecule has 27 heavy (non-hydrogen) atoms. The lowest BCUT2D eigenvalue weighted by Gasteiger charge is -2.59. The Morgan fingerprint density at radius 1 is 1.07 bits per heavy atom. The lowest BCUT2D eigenvalue weighted by Crippen LogP contribution is -2.54. The van der Waals surface area contributed by atoms with Gasteiger partial charge in [0.15, 0.2) is 0 Å². The standard InChI is InChI=1S/C22H29F2NS2/c1-20-8-9-21(26-10-11-27-21)12-14(20)2-4-16-17(20)6-7-22(19(23)24)15(13-25)3-5-18(16)22/h12,15-19H,2-11H2,1H3/t15-,16-,17+,18+,20+,22+/m1/s1. The fourth-order valence-electron chi connectivity index (χ4n) is 7.71. The molecular formula is C22H29F2NS2. The number of nitrogens with zero attached hydrogens (tertiary/aromatic N) is 1. The van der Waals surface area contributed by atoms with E-state index in [0.717, 1.165) is 25.7 Å². The molecule has 4 aliphatic carbocycles. The van der Waals surface area contributed by atoms with Crippen LogP contribution in [0.3, 0.4) is 0 Å². The minimum absolute atomic E-state index is 0.0605. The second kappa shape index (κ2) is 6.39. The quantitative estimate of drug-likeness (QED) is 0.461. The number of alkyl halides is 2. The molecule has 0 N–H and O–H groups in total. The Balaban J connectivity index is 1.48. The number of thioether (sulfide) groups is 2. The van der Waals surface area contributed by atoms with E-state index in [1.807, 2.05) is 0 Å². The predicted molar refractivity (Wildman–Crippen MR) is 109 cm³/mol. The highest BCUT2D eigenvalue weighted by Crippen LogP contribution is 2.69. The lowest BCUT2D eigenvalue weighted by atomic mass is 9.46. The van der Waals surface area contributed by atoms with Crippen LogP contribution in [0, 0.1) is 45.8 Å². The molecule has 6 atom stereocenters. The summed E-state index contributed by atoms with van der Waals surface area (Å²) in [6, 6.07) is 2.28. The van der Waals surface area contributed by atoms with Crippen molar-refractivity contribution in [3.63, 3.8) is 0 Å². The van der Waals surface area contributed by atoms with E-state index in [1.54, 1.807) is 5.57 Å². The molecule has 3 saturated carbocycles. The Labute approximate surface area is 170 Å². The van der Waals surface area contributed by atoms with Gasteiger partial charge in [-0.1, -0.05) is 18.6 Å². The first-order chi connectivity index (χ1) is 13.0. The third-order valence-corrected chi connectivity index (χ3v) is 12.5. The second-order valence-electron chi connectivity index (χ2n) is 9.72. The van der Waals surface area contributed by atoms with Crippen molar-refractivity contribution in [2.45, 2.75) is 68.8 Å². The molecule has 0 aromatic heterocycles. The first-order valence-electron chi connectivity index (χ1n) is 10.6. The van der Waals surface area contributed by atoms with Crippen LogP contribution in [0.1, 0.15) is 58.3 Å². The Kier molecular flexibility index (Phi) is 4.45. The van der Waals surface area contributed by atoms with Gasteiger partial charge in [0, 0.05) is 11.5 Å². The summed E-state index contributed by atoms with van der Waals surface area (Å²) in [5.41, 5.74) is 0.827. The number of halogens is 2. The number of rotatable bonds is 1. The van der Waals surface area contributed by atoms with Crippen LogP contribution in [0.15, 0.2) is 11.6 Å². The molecule has 1 aliphatic heterocycles. The zero-order valence-corrected chi connectivity index (χ0v) is 17.7. The van der Waals surface area contributed by atoms with E-state index in [-0.39, 0.29) is 11.3 Å². The highest BCUT2D eigenvalue weighted by Gasteiger charge is 2.64. The van der Waals surface area contributed by atoms with E-state index in [2.05, 4.69) is 42.6 Å². The van der Waals surface area contributed by atoms with Crippen molar-refractivity contribution in [1.82, 2.24) is 0 Å². The van der Waals surface area contributed by atoms with E-state index < -0.39 is 17.8 Å². The van der Waals surface area contributed by atoms with E-state index >= 15 is 0 Å². The molecule has 0 aromatic carbocycles. The fraction of sp³-hybridized carbons (Fsp3) is 0.864. The zero-order valence-electron chi connectivity index (χ0n) is 16.1. The molecule has 0 aromatic rings. The number of allylic oxidation sites excluding steroid dienone is 1. The average molecular weight is 410 g/mol. The Morgan fingerprint density at radius 2 is 1.85 bits per heavy atom. The topological polar surface area (TPSA) is 23.8 Å². The predicted octanol–water partition coefficient (Wildman–Crippen LogP) is 6.51. The molecule has 1 saturated heterocycles. The summed E-state index contributed by atoms with van der Waals surface area (Å²) < 4.78 is 29.0. The first-order valence-corrected chi connectivity index (χ1v) is 12.6. The normalized spacial score (nSPS) is 47.9. The molecule has 0 bridgehead atoms. The van der Waals surface area contributed by atoms with Gasteiger partial charge < -0.3 is 0 Å². The van der Waals surface area contributed by atoms with Gasteiger partial charge in [-0.2, -0.15) is 5.26 Å². The minimum atomic E-state index is -2.35. The van der Waals surface area contributed by atoms with Crippen LogP contribution >= 0.6 is 23.5 Å². The molecule has 1 nitrogen and oxygen atoms in total. The van der Waals surface area contributed by atoms with Gasteiger partial charge in [0.1, 0.15) is 0 Å². The van der Waals surface area contributed by atoms with Crippen LogP contribution in [0.4, 0.5) is 8.78 Å². The maximum absolute atomic E-state index is 14.3. The molecule has 5 heteroatoms. The zero-order chi connectivity index (χ0) is 18.9. The summed E-state index contributed by atoms with van der Waals surface area (Å²) in [4.78, 5) is 0. The smallest absolute Gasteiger partial charge is 0.210 e. The van der Waals surface area contributed by atoms with Crippen LogP contribution in [-0.2, 0) is 0 Å². The molecule has 0 amide bonds. The summed E-state index contributed by atoms with van der Waals surface area (Å²) in [7, 11) is 0. The number of nitriles is 1. The van der Waals surface area contributed by atoms with Gasteiger partial charge in [0.05, 0.1) is 21.5 Å². The van der Waals surface area contributed by atoms with Crippen LogP contribution in [0.5, 0.6) is 0 Å². The van der Waals surface area contributed by atoms with Crippen molar-refractivity contribution in [2.75, 3.05) is 11.5 Å². The third kappa shape index (κ3) is 2.48.